The first-order valence-corrected chi connectivity index (χ1v) is 7.22. The monoisotopic (exact) mass is 285 g/mol. The fourth-order valence-corrected chi connectivity index (χ4v) is 2.36. The minimum Gasteiger partial charge on any atom is -0.493 e. The molecule has 0 fully saturated rings. The Bertz CT molecular complexity index is 608. The fourth-order valence-electron chi connectivity index (χ4n) is 2.36. The molecular formula is C18H23NO2. The molecule has 0 radical (unpaired) electrons. The number of methoxy groups -OCH3 is 2. The maximum Gasteiger partial charge on any atom is 0.161 e. The van der Waals surface area contributed by atoms with Crippen LogP contribution in [0.5, 0.6) is 11.5 Å². The molecule has 0 aliphatic heterocycles. The molecule has 3 heteroatoms. The Kier molecular flexibility index (Phi) is 5.23. The quantitative estimate of drug-likeness (QED) is 0.876. The number of ether oxygens (including phenoxy) is 2. The highest BCUT2D eigenvalue weighted by atomic mass is 16.5. The first-order valence-electron chi connectivity index (χ1n) is 7.22. The minimum atomic E-state index is 0.753. The van der Waals surface area contributed by atoms with Gasteiger partial charge in [0.2, 0.25) is 0 Å². The van der Waals surface area contributed by atoms with Crippen LogP contribution >= 0.6 is 0 Å². The molecular weight excluding hydrogens is 262 g/mol. The number of aryl methyl sites for hydroxylation is 1. The van der Waals surface area contributed by atoms with E-state index in [2.05, 4.69) is 43.4 Å². The summed E-state index contributed by atoms with van der Waals surface area (Å²) in [6, 6.07) is 12.6. The van der Waals surface area contributed by atoms with Crippen LogP contribution in [0.25, 0.3) is 11.1 Å². The summed E-state index contributed by atoms with van der Waals surface area (Å²) in [6.07, 6.45) is 0. The first-order chi connectivity index (χ1) is 10.2. The van der Waals surface area contributed by atoms with Gasteiger partial charge in [-0.3, -0.25) is 0 Å². The second-order valence-corrected chi connectivity index (χ2v) is 5.00. The average molecular weight is 285 g/mol. The normalized spacial score (nSPS) is 10.5. The Hall–Kier alpha value is -2.00. The summed E-state index contributed by atoms with van der Waals surface area (Å²) in [4.78, 5) is 0. The van der Waals surface area contributed by atoms with Gasteiger partial charge in [-0.25, -0.2) is 0 Å². The largest absolute Gasteiger partial charge is 0.493 e. The van der Waals surface area contributed by atoms with Crippen LogP contribution in [0.4, 0.5) is 0 Å². The highest BCUT2D eigenvalue weighted by Crippen LogP contribution is 2.33. The van der Waals surface area contributed by atoms with Gasteiger partial charge < -0.3 is 14.8 Å². The second kappa shape index (κ2) is 7.14. The van der Waals surface area contributed by atoms with E-state index >= 15 is 0 Å². The van der Waals surface area contributed by atoms with Crippen molar-refractivity contribution in [1.29, 1.82) is 0 Å². The van der Waals surface area contributed by atoms with E-state index in [0.29, 0.717) is 0 Å². The lowest BCUT2D eigenvalue weighted by atomic mass is 9.97. The van der Waals surface area contributed by atoms with Gasteiger partial charge in [-0.15, -0.1) is 0 Å². The number of nitrogens with one attached hydrogen (secondary N) is 1. The van der Waals surface area contributed by atoms with Crippen molar-refractivity contribution in [2.75, 3.05) is 20.8 Å². The Balaban J connectivity index is 2.40. The van der Waals surface area contributed by atoms with Gasteiger partial charge >= 0.3 is 0 Å². The van der Waals surface area contributed by atoms with Gasteiger partial charge in [0.1, 0.15) is 0 Å². The van der Waals surface area contributed by atoms with Crippen molar-refractivity contribution in [3.05, 3.63) is 47.5 Å². The van der Waals surface area contributed by atoms with Crippen molar-refractivity contribution in [1.82, 2.24) is 5.32 Å². The standard InChI is InChI=1S/C18H23NO2/c1-5-19-12-14-7-6-13(2)16(10-14)15-8-9-17(20-3)18(11-15)21-4/h6-11,19H,5,12H2,1-4H3. The van der Waals surface area contributed by atoms with Crippen molar-refractivity contribution in [3.8, 4) is 22.6 Å². The zero-order valence-electron chi connectivity index (χ0n) is 13.2. The molecule has 0 aliphatic carbocycles. The molecule has 112 valence electrons. The number of rotatable bonds is 6. The average Bonchev–Trinajstić information content (AvgIpc) is 2.53. The second-order valence-electron chi connectivity index (χ2n) is 5.00. The highest BCUT2D eigenvalue weighted by Gasteiger charge is 2.08. The maximum absolute atomic E-state index is 5.40. The van der Waals surface area contributed by atoms with Crippen molar-refractivity contribution in [2.45, 2.75) is 20.4 Å². The smallest absolute Gasteiger partial charge is 0.161 e. The van der Waals surface area contributed by atoms with Crippen LogP contribution in [-0.4, -0.2) is 20.8 Å². The first kappa shape index (κ1) is 15.4. The molecule has 0 saturated heterocycles. The summed E-state index contributed by atoms with van der Waals surface area (Å²) in [5.74, 6) is 1.51. The minimum absolute atomic E-state index is 0.753. The topological polar surface area (TPSA) is 30.5 Å². The molecule has 21 heavy (non-hydrogen) atoms. The van der Waals surface area contributed by atoms with Crippen LogP contribution in [0.15, 0.2) is 36.4 Å². The lowest BCUT2D eigenvalue weighted by Gasteiger charge is -2.13. The van der Waals surface area contributed by atoms with E-state index in [0.717, 1.165) is 30.2 Å². The molecule has 0 aromatic heterocycles. The molecule has 0 spiro atoms. The number of hydrogen-bond donors (Lipinski definition) is 1. The van der Waals surface area contributed by atoms with Gasteiger partial charge in [-0.05, 0) is 53.9 Å². The van der Waals surface area contributed by atoms with Crippen LogP contribution in [0, 0.1) is 6.92 Å². The zero-order chi connectivity index (χ0) is 15.2. The third kappa shape index (κ3) is 3.56. The van der Waals surface area contributed by atoms with E-state index < -0.39 is 0 Å². The van der Waals surface area contributed by atoms with Gasteiger partial charge in [0.25, 0.3) is 0 Å². The summed E-state index contributed by atoms with van der Waals surface area (Å²) < 4.78 is 10.7. The van der Waals surface area contributed by atoms with Gasteiger partial charge in [-0.2, -0.15) is 0 Å². The maximum atomic E-state index is 5.40. The molecule has 0 unspecified atom stereocenters. The van der Waals surface area contributed by atoms with Crippen molar-refractivity contribution in [2.24, 2.45) is 0 Å². The van der Waals surface area contributed by atoms with Crippen molar-refractivity contribution in [3.63, 3.8) is 0 Å². The van der Waals surface area contributed by atoms with Crippen LogP contribution < -0.4 is 14.8 Å². The molecule has 0 bridgehead atoms. The summed E-state index contributed by atoms with van der Waals surface area (Å²) in [7, 11) is 3.32. The van der Waals surface area contributed by atoms with E-state index in [1.54, 1.807) is 14.2 Å². The van der Waals surface area contributed by atoms with Crippen LogP contribution in [0.1, 0.15) is 18.1 Å². The van der Waals surface area contributed by atoms with E-state index in [1.165, 1.54) is 16.7 Å². The molecule has 0 saturated carbocycles. The Morgan fingerprint density at radius 2 is 1.71 bits per heavy atom. The Morgan fingerprint density at radius 1 is 0.952 bits per heavy atom. The molecule has 0 amide bonds. The predicted octanol–water partition coefficient (Wildman–Crippen LogP) is 3.79. The summed E-state index contributed by atoms with van der Waals surface area (Å²) in [5.41, 5.74) is 4.91. The molecule has 2 aromatic carbocycles. The predicted molar refractivity (Wildman–Crippen MR) is 87.1 cm³/mol. The lowest BCUT2D eigenvalue weighted by Crippen LogP contribution is -2.11. The van der Waals surface area contributed by atoms with Crippen LogP contribution in [0.3, 0.4) is 0 Å². The van der Waals surface area contributed by atoms with Crippen molar-refractivity contribution >= 4 is 0 Å². The van der Waals surface area contributed by atoms with E-state index in [1.807, 2.05) is 12.1 Å². The van der Waals surface area contributed by atoms with E-state index in [-0.39, 0.29) is 0 Å². The highest BCUT2D eigenvalue weighted by molar-refractivity contribution is 5.70. The van der Waals surface area contributed by atoms with Crippen molar-refractivity contribution < 1.29 is 9.47 Å². The van der Waals surface area contributed by atoms with E-state index in [4.69, 9.17) is 9.47 Å². The molecule has 3 nitrogen and oxygen atoms in total. The Morgan fingerprint density at radius 3 is 2.38 bits per heavy atom. The van der Waals surface area contributed by atoms with Crippen LogP contribution in [-0.2, 0) is 6.54 Å². The number of hydrogen-bond acceptors (Lipinski definition) is 3. The third-order valence-corrected chi connectivity index (χ3v) is 3.58. The number of benzene rings is 2. The Labute approximate surface area is 126 Å². The van der Waals surface area contributed by atoms with E-state index in [9.17, 15) is 0 Å². The molecule has 2 aromatic rings. The zero-order valence-corrected chi connectivity index (χ0v) is 13.2. The molecule has 0 aliphatic rings. The van der Waals surface area contributed by atoms with Gasteiger partial charge in [0.15, 0.2) is 11.5 Å². The molecule has 0 heterocycles. The van der Waals surface area contributed by atoms with Gasteiger partial charge in [0, 0.05) is 6.54 Å². The van der Waals surface area contributed by atoms with Gasteiger partial charge in [0.05, 0.1) is 14.2 Å². The molecule has 2 rings (SSSR count). The summed E-state index contributed by atoms with van der Waals surface area (Å²) >= 11 is 0. The SMILES string of the molecule is CCNCc1ccc(C)c(-c2ccc(OC)c(OC)c2)c1. The third-order valence-electron chi connectivity index (χ3n) is 3.58. The van der Waals surface area contributed by atoms with Gasteiger partial charge in [-0.1, -0.05) is 25.1 Å². The summed E-state index contributed by atoms with van der Waals surface area (Å²) in [5, 5.41) is 3.36. The molecule has 0 atom stereocenters. The fraction of sp³-hybridized carbons (Fsp3) is 0.333. The van der Waals surface area contributed by atoms with Crippen LogP contribution in [0.2, 0.25) is 0 Å². The summed E-state index contributed by atoms with van der Waals surface area (Å²) in [6.45, 7) is 6.10. The molecule has 1 N–H and O–H groups in total. The lowest BCUT2D eigenvalue weighted by molar-refractivity contribution is 0.355.